The molecule has 0 N–H and O–H groups in total. The van der Waals surface area contributed by atoms with Crippen molar-refractivity contribution in [3.8, 4) is 0 Å². The van der Waals surface area contributed by atoms with Gasteiger partial charge in [-0.1, -0.05) is 15.9 Å². The molecule has 1 fully saturated rings. The molecule has 2 rings (SSSR count). The third kappa shape index (κ3) is 3.54. The van der Waals surface area contributed by atoms with Crippen molar-refractivity contribution in [1.82, 2.24) is 0 Å². The van der Waals surface area contributed by atoms with Gasteiger partial charge in [0.05, 0.1) is 11.7 Å². The lowest BCUT2D eigenvalue weighted by molar-refractivity contribution is -0.142. The number of carbonyl (C=O) groups excluding carboxylic acids is 1. The molecule has 1 aliphatic heterocycles. The molecular formula is C14H16BrFO3. The van der Waals surface area contributed by atoms with Crippen LogP contribution in [0.5, 0.6) is 0 Å². The van der Waals surface area contributed by atoms with Gasteiger partial charge in [-0.25, -0.2) is 4.39 Å². The highest BCUT2D eigenvalue weighted by Crippen LogP contribution is 2.39. The van der Waals surface area contributed by atoms with Gasteiger partial charge in [-0.2, -0.15) is 0 Å². The summed E-state index contributed by atoms with van der Waals surface area (Å²) in [7, 11) is 0. The molecule has 0 spiro atoms. The number of benzene rings is 1. The Morgan fingerprint density at radius 1 is 1.53 bits per heavy atom. The Hall–Kier alpha value is -0.940. The van der Waals surface area contributed by atoms with Crippen LogP contribution in [0.3, 0.4) is 0 Å². The first kappa shape index (κ1) is 14.5. The Labute approximate surface area is 120 Å². The van der Waals surface area contributed by atoms with E-state index in [1.54, 1.807) is 0 Å². The predicted octanol–water partition coefficient (Wildman–Crippen LogP) is 3.37. The number of rotatable bonds is 4. The Morgan fingerprint density at radius 3 is 2.68 bits per heavy atom. The second kappa shape index (κ2) is 5.21. The highest BCUT2D eigenvalue weighted by atomic mass is 79.9. The minimum absolute atomic E-state index is 0.0776. The van der Waals surface area contributed by atoms with Gasteiger partial charge in [-0.3, -0.25) is 4.79 Å². The van der Waals surface area contributed by atoms with Gasteiger partial charge in [0.15, 0.2) is 0 Å². The third-order valence-corrected chi connectivity index (χ3v) is 3.94. The molecule has 1 aliphatic rings. The summed E-state index contributed by atoms with van der Waals surface area (Å²) in [5, 5.41) is 0. The molecule has 1 aromatic rings. The van der Waals surface area contributed by atoms with E-state index in [9.17, 15) is 9.18 Å². The lowest BCUT2D eigenvalue weighted by Gasteiger charge is -2.12. The van der Waals surface area contributed by atoms with Crippen LogP contribution in [0.15, 0.2) is 16.6 Å². The molecule has 5 heteroatoms. The highest BCUT2D eigenvalue weighted by molar-refractivity contribution is 9.10. The average molecular weight is 331 g/mol. The smallest absolute Gasteiger partial charge is 0.302 e. The van der Waals surface area contributed by atoms with Gasteiger partial charge in [-0.05, 0) is 37.1 Å². The third-order valence-electron chi connectivity index (χ3n) is 3.24. The summed E-state index contributed by atoms with van der Waals surface area (Å²) in [4.78, 5) is 10.9. The summed E-state index contributed by atoms with van der Waals surface area (Å²) < 4.78 is 24.6. The molecule has 0 amide bonds. The quantitative estimate of drug-likeness (QED) is 0.627. The second-order valence-electron chi connectivity index (χ2n) is 5.22. The Balaban J connectivity index is 2.21. The Morgan fingerprint density at radius 2 is 2.16 bits per heavy atom. The maximum absolute atomic E-state index is 13.4. The number of hydrogen-bond acceptors (Lipinski definition) is 3. The molecule has 0 bridgehead atoms. The van der Waals surface area contributed by atoms with E-state index in [2.05, 4.69) is 15.9 Å². The van der Waals surface area contributed by atoms with Crippen molar-refractivity contribution in [2.45, 2.75) is 45.5 Å². The summed E-state index contributed by atoms with van der Waals surface area (Å²) in [5.74, 6) is -0.733. The van der Waals surface area contributed by atoms with E-state index in [0.717, 1.165) is 5.56 Å². The van der Waals surface area contributed by atoms with Gasteiger partial charge >= 0.3 is 5.97 Å². The number of carbonyl (C=O) groups is 1. The van der Waals surface area contributed by atoms with Crippen LogP contribution in [-0.4, -0.2) is 17.7 Å². The fourth-order valence-corrected chi connectivity index (χ4v) is 2.63. The van der Waals surface area contributed by atoms with Crippen LogP contribution in [-0.2, 0) is 27.3 Å². The monoisotopic (exact) mass is 330 g/mol. The Bertz CT molecular complexity index is 514. The first-order valence-electron chi connectivity index (χ1n) is 6.07. The Kier molecular flexibility index (Phi) is 3.97. The molecule has 1 unspecified atom stereocenters. The van der Waals surface area contributed by atoms with Crippen LogP contribution < -0.4 is 0 Å². The molecule has 0 saturated carbocycles. The maximum Gasteiger partial charge on any atom is 0.302 e. The summed E-state index contributed by atoms with van der Waals surface area (Å²) >= 11 is 3.36. The predicted molar refractivity (Wildman–Crippen MR) is 72.2 cm³/mol. The minimum atomic E-state index is -0.380. The molecule has 1 aromatic carbocycles. The van der Waals surface area contributed by atoms with Crippen LogP contribution in [0.4, 0.5) is 4.39 Å². The van der Waals surface area contributed by atoms with Crippen LogP contribution in [0.2, 0.25) is 0 Å². The van der Waals surface area contributed by atoms with E-state index in [-0.39, 0.29) is 30.1 Å². The average Bonchev–Trinajstić information content (AvgIpc) is 2.87. The lowest BCUT2D eigenvalue weighted by atomic mass is 9.98. The molecule has 0 radical (unpaired) electrons. The summed E-state index contributed by atoms with van der Waals surface area (Å²) in [6, 6.07) is 2.82. The van der Waals surface area contributed by atoms with Gasteiger partial charge < -0.3 is 9.47 Å². The molecule has 1 heterocycles. The van der Waals surface area contributed by atoms with Crippen LogP contribution in [0.25, 0.3) is 0 Å². The molecule has 3 nitrogen and oxygen atoms in total. The topological polar surface area (TPSA) is 38.8 Å². The zero-order chi connectivity index (χ0) is 14.2. The fraction of sp³-hybridized carbons (Fsp3) is 0.500. The van der Waals surface area contributed by atoms with Crippen molar-refractivity contribution < 1.29 is 18.7 Å². The molecule has 104 valence electrons. The van der Waals surface area contributed by atoms with Crippen LogP contribution >= 0.6 is 15.9 Å². The fourth-order valence-electron chi connectivity index (χ4n) is 2.00. The maximum atomic E-state index is 13.4. The normalized spacial score (nSPS) is 20.2. The zero-order valence-corrected chi connectivity index (χ0v) is 12.7. The van der Waals surface area contributed by atoms with Crippen molar-refractivity contribution in [3.05, 3.63) is 33.5 Å². The standard InChI is InChI=1S/C14H16BrFO3/c1-8(17)18-7-9-4-10(16)5-12(15)11(9)6-13-14(2,3)19-13/h4-5,13H,6-7H2,1-3H3. The van der Waals surface area contributed by atoms with Crippen molar-refractivity contribution in [2.24, 2.45) is 0 Å². The minimum Gasteiger partial charge on any atom is -0.461 e. The number of halogens is 2. The van der Waals surface area contributed by atoms with Crippen LogP contribution in [0.1, 0.15) is 31.9 Å². The number of hydrogen-bond donors (Lipinski definition) is 0. The summed E-state index contributed by atoms with van der Waals surface area (Å²) in [5.41, 5.74) is 1.47. The number of epoxide rings is 1. The summed E-state index contributed by atoms with van der Waals surface area (Å²) in [6.07, 6.45) is 0.787. The summed E-state index contributed by atoms with van der Waals surface area (Å²) in [6.45, 7) is 5.44. The van der Waals surface area contributed by atoms with Crippen molar-refractivity contribution in [2.75, 3.05) is 0 Å². The van der Waals surface area contributed by atoms with E-state index in [4.69, 9.17) is 9.47 Å². The van der Waals surface area contributed by atoms with Gasteiger partial charge in [-0.15, -0.1) is 0 Å². The van der Waals surface area contributed by atoms with Crippen LogP contribution in [0, 0.1) is 5.82 Å². The molecule has 19 heavy (non-hydrogen) atoms. The van der Waals surface area contributed by atoms with E-state index in [0.29, 0.717) is 16.5 Å². The molecule has 0 aliphatic carbocycles. The van der Waals surface area contributed by atoms with Crippen molar-refractivity contribution in [1.29, 1.82) is 0 Å². The zero-order valence-electron chi connectivity index (χ0n) is 11.1. The van der Waals surface area contributed by atoms with Gasteiger partial charge in [0.2, 0.25) is 0 Å². The number of esters is 1. The van der Waals surface area contributed by atoms with E-state index >= 15 is 0 Å². The van der Waals surface area contributed by atoms with E-state index in [1.165, 1.54) is 19.1 Å². The lowest BCUT2D eigenvalue weighted by Crippen LogP contribution is -2.10. The second-order valence-corrected chi connectivity index (χ2v) is 6.07. The van der Waals surface area contributed by atoms with Gasteiger partial charge in [0.25, 0.3) is 0 Å². The highest BCUT2D eigenvalue weighted by Gasteiger charge is 2.47. The van der Waals surface area contributed by atoms with Crippen molar-refractivity contribution in [3.63, 3.8) is 0 Å². The first-order chi connectivity index (χ1) is 8.79. The molecule has 0 aromatic heterocycles. The molecular weight excluding hydrogens is 315 g/mol. The molecule has 1 atom stereocenters. The first-order valence-corrected chi connectivity index (χ1v) is 6.87. The largest absolute Gasteiger partial charge is 0.461 e. The van der Waals surface area contributed by atoms with E-state index < -0.39 is 0 Å². The van der Waals surface area contributed by atoms with Crippen molar-refractivity contribution >= 4 is 21.9 Å². The van der Waals surface area contributed by atoms with Gasteiger partial charge in [0.1, 0.15) is 12.4 Å². The SMILES string of the molecule is CC(=O)OCc1cc(F)cc(Br)c1CC1OC1(C)C. The van der Waals surface area contributed by atoms with E-state index in [1.807, 2.05) is 13.8 Å². The van der Waals surface area contributed by atoms with Gasteiger partial charge in [0, 0.05) is 17.8 Å². The molecule has 1 saturated heterocycles. The number of ether oxygens (including phenoxy) is 2.